The molecule has 0 spiro atoms. The van der Waals surface area contributed by atoms with Crippen LogP contribution in [0.2, 0.25) is 0 Å². The third-order valence-electron chi connectivity index (χ3n) is 10.5. The first-order chi connectivity index (χ1) is 19.6. The standard InChI is InChI=1S/C40H38/c1-5-39(6-2)35-23-29(27-15-11-9-12-16-27)19-21-31(35)33-25-34-32-22-20-30(28-17-13-10-14-18-28)24-36(32)40(7-3,8-4)38(34)26-37(33)39/h9-26H,5-8H2,1-4H3. The summed E-state index contributed by atoms with van der Waals surface area (Å²) >= 11 is 0. The van der Waals surface area contributed by atoms with E-state index in [1.807, 2.05) is 0 Å². The van der Waals surface area contributed by atoms with Crippen molar-refractivity contribution in [3.8, 4) is 44.5 Å². The summed E-state index contributed by atoms with van der Waals surface area (Å²) < 4.78 is 0. The van der Waals surface area contributed by atoms with Crippen LogP contribution in [-0.4, -0.2) is 0 Å². The molecule has 0 heterocycles. The van der Waals surface area contributed by atoms with E-state index in [0.717, 1.165) is 25.7 Å². The van der Waals surface area contributed by atoms with Gasteiger partial charge in [-0.3, -0.25) is 0 Å². The SMILES string of the molecule is CCC1(CC)c2cc(-c3ccccc3)ccc2-c2cc3c(cc21)C(CC)(CC)c1cc(-c2ccccc2)ccc1-3. The summed E-state index contributed by atoms with van der Waals surface area (Å²) in [6.45, 7) is 9.55. The maximum Gasteiger partial charge on any atom is 0.0210 e. The maximum atomic E-state index is 2.65. The smallest absolute Gasteiger partial charge is 0.0210 e. The van der Waals surface area contributed by atoms with Gasteiger partial charge in [0.2, 0.25) is 0 Å². The largest absolute Gasteiger partial charge is 0.0642 e. The molecule has 0 aromatic heterocycles. The van der Waals surface area contributed by atoms with E-state index in [1.54, 1.807) is 11.1 Å². The molecule has 2 aliphatic rings. The number of benzene rings is 5. The fourth-order valence-electron chi connectivity index (χ4n) is 8.12. The van der Waals surface area contributed by atoms with Crippen LogP contribution in [0, 0.1) is 0 Å². The van der Waals surface area contributed by atoms with E-state index in [-0.39, 0.29) is 10.8 Å². The van der Waals surface area contributed by atoms with Gasteiger partial charge in [-0.05, 0) is 111 Å². The molecular weight excluding hydrogens is 480 g/mol. The highest BCUT2D eigenvalue weighted by Crippen LogP contribution is 2.60. The number of fused-ring (bicyclic) bond motifs is 6. The first-order valence-corrected chi connectivity index (χ1v) is 15.2. The predicted molar refractivity (Wildman–Crippen MR) is 171 cm³/mol. The molecule has 0 atom stereocenters. The summed E-state index contributed by atoms with van der Waals surface area (Å²) in [4.78, 5) is 0. The zero-order valence-electron chi connectivity index (χ0n) is 24.2. The summed E-state index contributed by atoms with van der Waals surface area (Å²) in [5.41, 5.74) is 17.2. The number of rotatable bonds is 6. The lowest BCUT2D eigenvalue weighted by molar-refractivity contribution is 0.476. The highest BCUT2D eigenvalue weighted by atomic mass is 14.5. The fraction of sp³-hybridized carbons (Fsp3) is 0.250. The summed E-state index contributed by atoms with van der Waals surface area (Å²) in [5.74, 6) is 0. The van der Waals surface area contributed by atoms with Crippen LogP contribution in [0.25, 0.3) is 44.5 Å². The Kier molecular flexibility index (Phi) is 5.86. The Morgan fingerprint density at radius 1 is 0.350 bits per heavy atom. The molecule has 7 rings (SSSR count). The minimum Gasteiger partial charge on any atom is -0.0642 e. The van der Waals surface area contributed by atoms with E-state index >= 15 is 0 Å². The van der Waals surface area contributed by atoms with Crippen LogP contribution in [0.1, 0.15) is 75.6 Å². The van der Waals surface area contributed by atoms with Gasteiger partial charge in [0.25, 0.3) is 0 Å². The van der Waals surface area contributed by atoms with E-state index in [0.29, 0.717) is 0 Å². The zero-order valence-corrected chi connectivity index (χ0v) is 24.2. The molecule has 0 saturated heterocycles. The monoisotopic (exact) mass is 518 g/mol. The van der Waals surface area contributed by atoms with Crippen molar-refractivity contribution in [1.29, 1.82) is 0 Å². The van der Waals surface area contributed by atoms with Gasteiger partial charge in [0.1, 0.15) is 0 Å². The van der Waals surface area contributed by atoms with Crippen LogP contribution >= 0.6 is 0 Å². The number of hydrogen-bond acceptors (Lipinski definition) is 0. The van der Waals surface area contributed by atoms with Crippen molar-refractivity contribution in [1.82, 2.24) is 0 Å². The van der Waals surface area contributed by atoms with Crippen LogP contribution in [0.4, 0.5) is 0 Å². The molecule has 0 heteroatoms. The van der Waals surface area contributed by atoms with Crippen molar-refractivity contribution in [2.24, 2.45) is 0 Å². The van der Waals surface area contributed by atoms with E-state index in [1.165, 1.54) is 55.6 Å². The topological polar surface area (TPSA) is 0 Å². The molecule has 40 heavy (non-hydrogen) atoms. The second-order valence-corrected chi connectivity index (χ2v) is 11.8. The molecule has 5 aromatic carbocycles. The van der Waals surface area contributed by atoms with E-state index in [9.17, 15) is 0 Å². The Hall–Kier alpha value is -3.90. The van der Waals surface area contributed by atoms with Gasteiger partial charge in [0.15, 0.2) is 0 Å². The number of hydrogen-bond donors (Lipinski definition) is 0. The Morgan fingerprint density at radius 3 is 1.10 bits per heavy atom. The molecule has 0 nitrogen and oxygen atoms in total. The lowest BCUT2D eigenvalue weighted by Gasteiger charge is -2.33. The van der Waals surface area contributed by atoms with Crippen molar-refractivity contribution in [2.45, 2.75) is 64.2 Å². The Labute approximate surface area is 239 Å². The predicted octanol–water partition coefficient (Wildman–Crippen LogP) is 11.2. The van der Waals surface area contributed by atoms with E-state index in [2.05, 4.69) is 137 Å². The minimum atomic E-state index is 0.0433. The van der Waals surface area contributed by atoms with Gasteiger partial charge in [-0.1, -0.05) is 119 Å². The zero-order chi connectivity index (χ0) is 27.5. The van der Waals surface area contributed by atoms with Gasteiger partial charge >= 0.3 is 0 Å². The van der Waals surface area contributed by atoms with Crippen LogP contribution < -0.4 is 0 Å². The third-order valence-corrected chi connectivity index (χ3v) is 10.5. The molecule has 0 radical (unpaired) electrons. The molecule has 2 aliphatic carbocycles. The molecular formula is C40H38. The molecule has 0 unspecified atom stereocenters. The van der Waals surface area contributed by atoms with Crippen LogP contribution in [0.15, 0.2) is 109 Å². The van der Waals surface area contributed by atoms with Gasteiger partial charge in [0, 0.05) is 10.8 Å². The summed E-state index contributed by atoms with van der Waals surface area (Å²) in [5, 5.41) is 0. The second-order valence-electron chi connectivity index (χ2n) is 11.8. The van der Waals surface area contributed by atoms with Gasteiger partial charge in [0.05, 0.1) is 0 Å². The maximum absolute atomic E-state index is 2.65. The van der Waals surface area contributed by atoms with Crippen molar-refractivity contribution in [3.63, 3.8) is 0 Å². The highest BCUT2D eigenvalue weighted by Gasteiger charge is 2.46. The first kappa shape index (κ1) is 25.1. The van der Waals surface area contributed by atoms with E-state index in [4.69, 9.17) is 0 Å². The summed E-state index contributed by atoms with van der Waals surface area (Å²) in [6.07, 6.45) is 4.43. The highest BCUT2D eigenvalue weighted by molar-refractivity contribution is 5.92. The van der Waals surface area contributed by atoms with Gasteiger partial charge in [-0.15, -0.1) is 0 Å². The first-order valence-electron chi connectivity index (χ1n) is 15.2. The summed E-state index contributed by atoms with van der Waals surface area (Å²) in [7, 11) is 0. The molecule has 0 saturated carbocycles. The molecule has 0 aliphatic heterocycles. The van der Waals surface area contributed by atoms with Gasteiger partial charge in [-0.2, -0.15) is 0 Å². The van der Waals surface area contributed by atoms with Crippen LogP contribution in [0.3, 0.4) is 0 Å². The lowest BCUT2D eigenvalue weighted by atomic mass is 9.70. The lowest BCUT2D eigenvalue weighted by Crippen LogP contribution is -2.26. The molecule has 5 aromatic rings. The van der Waals surface area contributed by atoms with Gasteiger partial charge < -0.3 is 0 Å². The minimum absolute atomic E-state index is 0.0433. The summed E-state index contributed by atoms with van der Waals surface area (Å²) in [6, 6.07) is 41.4. The molecule has 0 N–H and O–H groups in total. The van der Waals surface area contributed by atoms with Crippen LogP contribution in [-0.2, 0) is 10.8 Å². The average Bonchev–Trinajstić information content (AvgIpc) is 3.46. The van der Waals surface area contributed by atoms with Crippen LogP contribution in [0.5, 0.6) is 0 Å². The van der Waals surface area contributed by atoms with Crippen molar-refractivity contribution >= 4 is 0 Å². The Morgan fingerprint density at radius 2 is 0.725 bits per heavy atom. The molecule has 0 bridgehead atoms. The Balaban J connectivity index is 1.46. The molecule has 0 fully saturated rings. The molecule has 198 valence electrons. The van der Waals surface area contributed by atoms with Crippen molar-refractivity contribution < 1.29 is 0 Å². The normalized spacial score (nSPS) is 15.3. The quantitative estimate of drug-likeness (QED) is 0.210. The fourth-order valence-corrected chi connectivity index (χ4v) is 8.12. The third kappa shape index (κ3) is 3.32. The Bertz CT molecular complexity index is 1590. The van der Waals surface area contributed by atoms with E-state index < -0.39 is 0 Å². The average molecular weight is 519 g/mol. The van der Waals surface area contributed by atoms with Crippen molar-refractivity contribution in [3.05, 3.63) is 131 Å². The van der Waals surface area contributed by atoms with Gasteiger partial charge in [-0.25, -0.2) is 0 Å². The van der Waals surface area contributed by atoms with Crippen molar-refractivity contribution in [2.75, 3.05) is 0 Å². The molecule has 0 amide bonds. The second kappa shape index (κ2) is 9.34.